The predicted octanol–water partition coefficient (Wildman–Crippen LogP) is 9.41. The van der Waals surface area contributed by atoms with Crippen LogP contribution in [0.1, 0.15) is 0 Å². The van der Waals surface area contributed by atoms with Crippen LogP contribution in [-0.4, -0.2) is 27.0 Å². The summed E-state index contributed by atoms with van der Waals surface area (Å²) in [4.78, 5) is 10.1. The third kappa shape index (κ3) is 4.24. The monoisotopic (exact) mass is 732 g/mol. The van der Waals surface area contributed by atoms with Crippen LogP contribution in [0.3, 0.4) is 0 Å². The molecule has 262 valence electrons. The van der Waals surface area contributed by atoms with Gasteiger partial charge >= 0.3 is 0 Å². The van der Waals surface area contributed by atoms with Crippen molar-refractivity contribution in [1.29, 1.82) is 0 Å². The lowest BCUT2D eigenvalue weighted by atomic mass is 10.1. The molecule has 0 saturated carbocycles. The van der Waals surface area contributed by atoms with Gasteiger partial charge in [0.1, 0.15) is 16.9 Å². The molecule has 5 heterocycles. The minimum atomic E-state index is -2.99. The third-order valence-electron chi connectivity index (χ3n) is 11.8. The highest BCUT2D eigenvalue weighted by molar-refractivity contribution is 7.20. The van der Waals surface area contributed by atoms with Crippen molar-refractivity contribution in [2.24, 2.45) is 0 Å². The highest BCUT2D eigenvalue weighted by Crippen LogP contribution is 2.40. The fourth-order valence-corrected chi connectivity index (χ4v) is 14.2. The smallest absolute Gasteiger partial charge is 0.179 e. The SMILES string of the molecule is c1ccc([Si](c2ccccc2)(c2cccc(-n3c4ccccc4c4c5c(cnc43)oc3ccccc35)c2)c2ccc3c4ccccc4n4ccnc4c3c2)cc1. The molecule has 5 nitrogen and oxygen atoms in total. The molecule has 5 aromatic heterocycles. The van der Waals surface area contributed by atoms with Crippen LogP contribution in [0.25, 0.3) is 76.9 Å². The fourth-order valence-electron chi connectivity index (χ4n) is 9.45. The lowest BCUT2D eigenvalue weighted by Crippen LogP contribution is -2.74. The van der Waals surface area contributed by atoms with Crippen molar-refractivity contribution < 1.29 is 4.42 Å². The van der Waals surface area contributed by atoms with Crippen molar-refractivity contribution in [1.82, 2.24) is 18.9 Å². The maximum absolute atomic E-state index is 6.34. The predicted molar refractivity (Wildman–Crippen MR) is 233 cm³/mol. The average molecular weight is 733 g/mol. The lowest BCUT2D eigenvalue weighted by Gasteiger charge is -2.35. The molecule has 7 aromatic carbocycles. The molecule has 0 bridgehead atoms. The van der Waals surface area contributed by atoms with Gasteiger partial charge in [0, 0.05) is 50.4 Å². The molecule has 0 atom stereocenters. The van der Waals surface area contributed by atoms with Gasteiger partial charge in [0.25, 0.3) is 0 Å². The molecule has 12 aromatic rings. The Labute approximate surface area is 322 Å². The summed E-state index contributed by atoms with van der Waals surface area (Å²) in [5.41, 5.74) is 6.87. The Bertz CT molecular complexity index is 3450. The topological polar surface area (TPSA) is 48.3 Å². The van der Waals surface area contributed by atoms with E-state index in [9.17, 15) is 0 Å². The first-order valence-corrected chi connectivity index (χ1v) is 21.0. The summed E-state index contributed by atoms with van der Waals surface area (Å²) in [5, 5.41) is 13.2. The normalized spacial score (nSPS) is 12.3. The first-order chi connectivity index (χ1) is 27.8. The maximum atomic E-state index is 6.34. The number of hydrogen-bond acceptors (Lipinski definition) is 3. The van der Waals surface area contributed by atoms with E-state index in [2.05, 4.69) is 179 Å². The number of rotatable bonds is 5. The number of nitrogens with zero attached hydrogens (tertiary/aromatic N) is 4. The lowest BCUT2D eigenvalue weighted by molar-refractivity contribution is 0.667. The number of benzene rings is 7. The molecule has 0 unspecified atom stereocenters. The summed E-state index contributed by atoms with van der Waals surface area (Å²) in [5.74, 6) is 0. The molecule has 6 heteroatoms. The number of fused-ring (bicyclic) bond motifs is 13. The van der Waals surface area contributed by atoms with Crippen molar-refractivity contribution >= 4 is 100 Å². The van der Waals surface area contributed by atoms with Crippen molar-refractivity contribution in [3.8, 4) is 5.69 Å². The van der Waals surface area contributed by atoms with Gasteiger partial charge in [-0.15, -0.1) is 0 Å². The largest absolute Gasteiger partial charge is 0.454 e. The summed E-state index contributed by atoms with van der Waals surface area (Å²) in [6.45, 7) is 0. The molecule has 0 spiro atoms. The zero-order valence-corrected chi connectivity index (χ0v) is 31.2. The Hall–Kier alpha value is -7.28. The standard InChI is InChI=1S/C50H32N4OSi/c1-3-15-34(16-4-1)56(35-17-5-2-6-18-35,37-26-27-38-39-20-7-10-23-43(39)53-29-28-51-49(53)42(38)31-37)36-19-13-14-33(30-36)54-44-24-11-8-21-40(44)48-47-41-22-9-12-25-45(41)55-46(47)32-52-50(48)54/h1-32H. The second-order valence-corrected chi connectivity index (χ2v) is 18.4. The van der Waals surface area contributed by atoms with Crippen LogP contribution in [0, 0.1) is 0 Å². The molecule has 0 radical (unpaired) electrons. The molecule has 0 N–H and O–H groups in total. The first kappa shape index (κ1) is 31.1. The molecule has 56 heavy (non-hydrogen) atoms. The van der Waals surface area contributed by atoms with Crippen molar-refractivity contribution in [3.05, 3.63) is 195 Å². The number of furan rings is 1. The van der Waals surface area contributed by atoms with Crippen LogP contribution in [0.5, 0.6) is 0 Å². The Kier molecular flexibility index (Phi) is 6.59. The maximum Gasteiger partial charge on any atom is 0.179 e. The van der Waals surface area contributed by atoms with E-state index in [0.717, 1.165) is 66.1 Å². The number of aromatic nitrogens is 4. The van der Waals surface area contributed by atoms with Gasteiger partial charge in [-0.1, -0.05) is 146 Å². The minimum Gasteiger partial charge on any atom is -0.454 e. The van der Waals surface area contributed by atoms with E-state index in [-0.39, 0.29) is 0 Å². The number of para-hydroxylation sites is 3. The van der Waals surface area contributed by atoms with Crippen LogP contribution in [0.2, 0.25) is 0 Å². The molecular formula is C50H32N4OSi. The molecule has 0 aliphatic carbocycles. The molecule has 0 fully saturated rings. The van der Waals surface area contributed by atoms with Crippen molar-refractivity contribution in [2.75, 3.05) is 0 Å². The summed E-state index contributed by atoms with van der Waals surface area (Å²) >= 11 is 0. The molecule has 0 aliphatic heterocycles. The van der Waals surface area contributed by atoms with E-state index >= 15 is 0 Å². The van der Waals surface area contributed by atoms with Crippen LogP contribution in [0.15, 0.2) is 199 Å². The van der Waals surface area contributed by atoms with Crippen LogP contribution in [0.4, 0.5) is 0 Å². The first-order valence-electron chi connectivity index (χ1n) is 19.0. The summed E-state index contributed by atoms with van der Waals surface area (Å²) in [6, 6.07) is 64.2. The third-order valence-corrected chi connectivity index (χ3v) is 16.5. The zero-order chi connectivity index (χ0) is 36.8. The quantitative estimate of drug-likeness (QED) is 0.101. The van der Waals surface area contributed by atoms with Crippen LogP contribution >= 0.6 is 0 Å². The van der Waals surface area contributed by atoms with E-state index in [1.165, 1.54) is 31.5 Å². The van der Waals surface area contributed by atoms with Crippen LogP contribution in [-0.2, 0) is 0 Å². The van der Waals surface area contributed by atoms with E-state index in [0.29, 0.717) is 0 Å². The second kappa shape index (κ2) is 11.9. The van der Waals surface area contributed by atoms with Gasteiger partial charge < -0.3 is 4.42 Å². The minimum absolute atomic E-state index is 0.797. The summed E-state index contributed by atoms with van der Waals surface area (Å²) in [7, 11) is -2.99. The van der Waals surface area contributed by atoms with E-state index in [1.807, 2.05) is 24.5 Å². The molecule has 0 aliphatic rings. The highest BCUT2D eigenvalue weighted by Gasteiger charge is 2.42. The number of imidazole rings is 1. The fraction of sp³-hybridized carbons (Fsp3) is 0. The van der Waals surface area contributed by atoms with Crippen molar-refractivity contribution in [3.63, 3.8) is 0 Å². The number of hydrogen-bond donors (Lipinski definition) is 0. The molecule has 12 rings (SSSR count). The van der Waals surface area contributed by atoms with Gasteiger partial charge in [-0.05, 0) is 56.5 Å². The Morgan fingerprint density at radius 2 is 1.09 bits per heavy atom. The summed E-state index contributed by atoms with van der Waals surface area (Å²) < 4.78 is 10.9. The van der Waals surface area contributed by atoms with Gasteiger partial charge in [0.2, 0.25) is 0 Å². The molecule has 0 saturated heterocycles. The Morgan fingerprint density at radius 1 is 0.429 bits per heavy atom. The average Bonchev–Trinajstić information content (AvgIpc) is 4.00. The van der Waals surface area contributed by atoms with E-state index < -0.39 is 8.07 Å². The van der Waals surface area contributed by atoms with Gasteiger partial charge in [0.05, 0.1) is 17.2 Å². The highest BCUT2D eigenvalue weighted by atomic mass is 28.3. The second-order valence-electron chi connectivity index (χ2n) is 14.6. The zero-order valence-electron chi connectivity index (χ0n) is 30.2. The van der Waals surface area contributed by atoms with Gasteiger partial charge in [-0.2, -0.15) is 0 Å². The molecular weight excluding hydrogens is 701 g/mol. The van der Waals surface area contributed by atoms with E-state index in [1.54, 1.807) is 0 Å². The van der Waals surface area contributed by atoms with E-state index in [4.69, 9.17) is 14.4 Å². The Balaban J connectivity index is 1.19. The summed E-state index contributed by atoms with van der Waals surface area (Å²) in [6.07, 6.45) is 5.88. The Morgan fingerprint density at radius 3 is 1.89 bits per heavy atom. The van der Waals surface area contributed by atoms with Crippen molar-refractivity contribution in [2.45, 2.75) is 0 Å². The van der Waals surface area contributed by atoms with Gasteiger partial charge in [0.15, 0.2) is 13.7 Å². The number of pyridine rings is 2. The van der Waals surface area contributed by atoms with Gasteiger partial charge in [-0.25, -0.2) is 9.97 Å². The van der Waals surface area contributed by atoms with Gasteiger partial charge in [-0.3, -0.25) is 8.97 Å². The van der Waals surface area contributed by atoms with Crippen LogP contribution < -0.4 is 20.7 Å². The molecule has 0 amide bonds.